The standard InChI is InChI=1S/C20H19ClF2N6O2/c1-28-8-7-14(26-28)20(31)25-13-4-2-3-12(9-13)24-15(30)10-29-18(11-5-6-11)16(21)17(27-29)19(22)23/h2-4,7-9,11,19H,5-6,10H2,1H3,(H,24,30)(H,25,31). The van der Waals surface area contributed by atoms with E-state index < -0.39 is 18.0 Å². The topological polar surface area (TPSA) is 93.8 Å². The van der Waals surface area contributed by atoms with Crippen molar-refractivity contribution in [1.29, 1.82) is 0 Å². The minimum Gasteiger partial charge on any atom is -0.324 e. The Kier molecular flexibility index (Phi) is 5.73. The molecule has 0 aliphatic heterocycles. The van der Waals surface area contributed by atoms with E-state index in [9.17, 15) is 18.4 Å². The van der Waals surface area contributed by atoms with Gasteiger partial charge in [-0.2, -0.15) is 10.2 Å². The quantitative estimate of drug-likeness (QED) is 0.571. The summed E-state index contributed by atoms with van der Waals surface area (Å²) in [5.41, 5.74) is 1.13. The Morgan fingerprint density at radius 3 is 2.52 bits per heavy atom. The van der Waals surface area contributed by atoms with Crippen LogP contribution in [0.2, 0.25) is 5.02 Å². The van der Waals surface area contributed by atoms with E-state index in [2.05, 4.69) is 20.8 Å². The molecule has 8 nitrogen and oxygen atoms in total. The Hall–Kier alpha value is -3.27. The normalized spacial score (nSPS) is 13.5. The van der Waals surface area contributed by atoms with Crippen molar-refractivity contribution in [2.75, 3.05) is 10.6 Å². The molecule has 0 unspecified atom stereocenters. The minimum absolute atomic E-state index is 0.0467. The maximum atomic E-state index is 13.2. The fourth-order valence-corrected chi connectivity index (χ4v) is 3.59. The van der Waals surface area contributed by atoms with Crippen LogP contribution in [0.3, 0.4) is 0 Å². The first kappa shape index (κ1) is 21.0. The van der Waals surface area contributed by atoms with Crippen molar-refractivity contribution in [3.05, 3.63) is 58.6 Å². The average Bonchev–Trinajstić information content (AvgIpc) is 3.35. The number of hydrogen-bond acceptors (Lipinski definition) is 4. The highest BCUT2D eigenvalue weighted by atomic mass is 35.5. The summed E-state index contributed by atoms with van der Waals surface area (Å²) < 4.78 is 29.1. The first-order chi connectivity index (χ1) is 14.8. The van der Waals surface area contributed by atoms with E-state index in [0.29, 0.717) is 17.1 Å². The highest BCUT2D eigenvalue weighted by Crippen LogP contribution is 2.45. The Labute approximate surface area is 181 Å². The molecule has 11 heteroatoms. The van der Waals surface area contributed by atoms with Crippen LogP contribution in [0.5, 0.6) is 0 Å². The zero-order chi connectivity index (χ0) is 22.1. The third-order valence-corrected chi connectivity index (χ3v) is 5.16. The van der Waals surface area contributed by atoms with Crippen LogP contribution >= 0.6 is 11.6 Å². The molecule has 2 aromatic heterocycles. The first-order valence-electron chi connectivity index (χ1n) is 9.57. The van der Waals surface area contributed by atoms with Crippen molar-refractivity contribution < 1.29 is 18.4 Å². The molecule has 0 spiro atoms. The summed E-state index contributed by atoms with van der Waals surface area (Å²) in [7, 11) is 1.71. The van der Waals surface area contributed by atoms with Gasteiger partial charge in [-0.3, -0.25) is 19.0 Å². The lowest BCUT2D eigenvalue weighted by molar-refractivity contribution is -0.117. The van der Waals surface area contributed by atoms with Gasteiger partial charge in [0.2, 0.25) is 5.91 Å². The van der Waals surface area contributed by atoms with E-state index in [4.69, 9.17) is 11.6 Å². The number of alkyl halides is 2. The van der Waals surface area contributed by atoms with E-state index in [1.54, 1.807) is 43.6 Å². The minimum atomic E-state index is -2.81. The maximum absolute atomic E-state index is 13.2. The molecule has 0 atom stereocenters. The van der Waals surface area contributed by atoms with E-state index in [1.807, 2.05) is 0 Å². The monoisotopic (exact) mass is 448 g/mol. The van der Waals surface area contributed by atoms with Gasteiger partial charge in [0.1, 0.15) is 12.2 Å². The van der Waals surface area contributed by atoms with Gasteiger partial charge in [0.15, 0.2) is 5.69 Å². The number of carbonyl (C=O) groups excluding carboxylic acids is 2. The van der Waals surface area contributed by atoms with Crippen LogP contribution in [0.25, 0.3) is 0 Å². The second-order valence-corrected chi connectivity index (χ2v) is 7.65. The van der Waals surface area contributed by atoms with Crippen LogP contribution in [0.1, 0.15) is 47.1 Å². The lowest BCUT2D eigenvalue weighted by Crippen LogP contribution is -2.21. The number of aromatic nitrogens is 4. The van der Waals surface area contributed by atoms with Gasteiger partial charge in [-0.05, 0) is 37.1 Å². The van der Waals surface area contributed by atoms with Gasteiger partial charge >= 0.3 is 0 Å². The van der Waals surface area contributed by atoms with E-state index in [-0.39, 0.29) is 29.1 Å². The number of halogens is 3. The lowest BCUT2D eigenvalue weighted by atomic mass is 10.2. The van der Waals surface area contributed by atoms with Crippen molar-refractivity contribution >= 4 is 34.8 Å². The molecule has 2 N–H and O–H groups in total. The van der Waals surface area contributed by atoms with Crippen molar-refractivity contribution in [3.63, 3.8) is 0 Å². The summed E-state index contributed by atoms with van der Waals surface area (Å²) in [6, 6.07) is 8.15. The first-order valence-corrected chi connectivity index (χ1v) is 9.94. The second kappa shape index (κ2) is 8.46. The van der Waals surface area contributed by atoms with Crippen LogP contribution in [0.4, 0.5) is 20.2 Å². The third kappa shape index (κ3) is 4.74. The Balaban J connectivity index is 1.44. The number of rotatable bonds is 7. The van der Waals surface area contributed by atoms with Crippen LogP contribution in [0.15, 0.2) is 36.5 Å². The van der Waals surface area contributed by atoms with Crippen molar-refractivity contribution in [2.45, 2.75) is 31.7 Å². The molecule has 1 aromatic carbocycles. The summed E-state index contributed by atoms with van der Waals surface area (Å²) in [6.07, 6.45) is 0.498. The van der Waals surface area contributed by atoms with Gasteiger partial charge < -0.3 is 10.6 Å². The predicted molar refractivity (Wildman–Crippen MR) is 110 cm³/mol. The molecular weight excluding hydrogens is 430 g/mol. The van der Waals surface area contributed by atoms with Crippen LogP contribution < -0.4 is 10.6 Å². The molecule has 162 valence electrons. The zero-order valence-electron chi connectivity index (χ0n) is 16.5. The number of anilines is 2. The summed E-state index contributed by atoms with van der Waals surface area (Å²) in [4.78, 5) is 24.8. The van der Waals surface area contributed by atoms with Crippen LogP contribution in [-0.4, -0.2) is 31.4 Å². The fraction of sp³-hybridized carbons (Fsp3) is 0.300. The summed E-state index contributed by atoms with van der Waals surface area (Å²) in [5.74, 6) is -0.788. The molecule has 2 heterocycles. The van der Waals surface area contributed by atoms with E-state index >= 15 is 0 Å². The van der Waals surface area contributed by atoms with Gasteiger partial charge in [0, 0.05) is 30.5 Å². The third-order valence-electron chi connectivity index (χ3n) is 4.77. The SMILES string of the molecule is Cn1ccc(C(=O)Nc2cccc(NC(=O)Cn3nc(C(F)F)c(Cl)c3C3CC3)c2)n1. The van der Waals surface area contributed by atoms with E-state index in [1.165, 1.54) is 9.36 Å². The van der Waals surface area contributed by atoms with Crippen molar-refractivity contribution in [2.24, 2.45) is 7.05 Å². The van der Waals surface area contributed by atoms with Gasteiger partial charge in [-0.25, -0.2) is 8.78 Å². The second-order valence-electron chi connectivity index (χ2n) is 7.27. The van der Waals surface area contributed by atoms with Gasteiger partial charge in [0.05, 0.1) is 10.7 Å². The van der Waals surface area contributed by atoms with Gasteiger partial charge in [0.25, 0.3) is 12.3 Å². The molecule has 0 bridgehead atoms. The van der Waals surface area contributed by atoms with Crippen LogP contribution in [0, 0.1) is 0 Å². The highest BCUT2D eigenvalue weighted by molar-refractivity contribution is 6.32. The number of nitrogens with zero attached hydrogens (tertiary/aromatic N) is 4. The number of hydrogen-bond donors (Lipinski definition) is 2. The van der Waals surface area contributed by atoms with E-state index in [0.717, 1.165) is 12.8 Å². The highest BCUT2D eigenvalue weighted by Gasteiger charge is 2.34. The molecule has 1 aliphatic rings. The van der Waals surface area contributed by atoms with Gasteiger partial charge in [-0.15, -0.1) is 0 Å². The molecule has 1 aliphatic carbocycles. The molecule has 0 radical (unpaired) electrons. The summed E-state index contributed by atoms with van der Waals surface area (Å²) in [6.45, 7) is -0.247. The summed E-state index contributed by atoms with van der Waals surface area (Å²) in [5, 5.41) is 13.2. The Bertz CT molecular complexity index is 1140. The molecular formula is C20H19ClF2N6O2. The lowest BCUT2D eigenvalue weighted by Gasteiger charge is -2.10. The number of nitrogens with one attached hydrogen (secondary N) is 2. The maximum Gasteiger partial charge on any atom is 0.283 e. The number of amides is 2. The molecule has 1 saturated carbocycles. The molecule has 31 heavy (non-hydrogen) atoms. The Morgan fingerprint density at radius 1 is 1.19 bits per heavy atom. The number of aryl methyl sites for hydroxylation is 1. The molecule has 4 rings (SSSR count). The van der Waals surface area contributed by atoms with Gasteiger partial charge in [-0.1, -0.05) is 17.7 Å². The largest absolute Gasteiger partial charge is 0.324 e. The molecule has 0 saturated heterocycles. The molecule has 2 amide bonds. The molecule has 3 aromatic rings. The smallest absolute Gasteiger partial charge is 0.283 e. The fourth-order valence-electron chi connectivity index (χ4n) is 3.22. The number of benzene rings is 1. The average molecular weight is 449 g/mol. The zero-order valence-corrected chi connectivity index (χ0v) is 17.2. The number of carbonyl (C=O) groups is 2. The van der Waals surface area contributed by atoms with Crippen LogP contribution in [-0.2, 0) is 18.4 Å². The van der Waals surface area contributed by atoms with Crippen molar-refractivity contribution in [3.8, 4) is 0 Å². The predicted octanol–water partition coefficient (Wildman–Crippen LogP) is 3.98. The van der Waals surface area contributed by atoms with Crippen molar-refractivity contribution in [1.82, 2.24) is 19.6 Å². The Morgan fingerprint density at radius 2 is 1.90 bits per heavy atom. The molecule has 1 fully saturated rings. The summed E-state index contributed by atoms with van der Waals surface area (Å²) >= 11 is 6.08.